The van der Waals surface area contributed by atoms with Gasteiger partial charge in [-0.3, -0.25) is 9.59 Å². The van der Waals surface area contributed by atoms with Crippen LogP contribution in [-0.4, -0.2) is 42.7 Å². The minimum absolute atomic E-state index is 0.00373. The molecule has 0 spiro atoms. The molecule has 21 heavy (non-hydrogen) atoms. The zero-order valence-corrected chi connectivity index (χ0v) is 12.7. The minimum Gasteiger partial charge on any atom is -0.383 e. The van der Waals surface area contributed by atoms with Gasteiger partial charge < -0.3 is 20.5 Å². The van der Waals surface area contributed by atoms with Crippen molar-refractivity contribution in [3.8, 4) is 0 Å². The molecule has 2 atom stereocenters. The number of nitrogens with one attached hydrogen (secondary N) is 2. The fourth-order valence-corrected chi connectivity index (χ4v) is 2.88. The zero-order valence-electron chi connectivity index (χ0n) is 11.9. The van der Waals surface area contributed by atoms with Crippen LogP contribution in [0.5, 0.6) is 0 Å². The Labute approximate surface area is 127 Å². The molecule has 0 aliphatic carbocycles. The summed E-state index contributed by atoms with van der Waals surface area (Å²) in [5.41, 5.74) is -1.18. The molecule has 2 unspecified atom stereocenters. The maximum atomic E-state index is 11.7. The molecule has 0 radical (unpaired) electrons. The highest BCUT2D eigenvalue weighted by Gasteiger charge is 2.26. The van der Waals surface area contributed by atoms with Crippen molar-refractivity contribution in [1.29, 1.82) is 0 Å². The highest BCUT2D eigenvalue weighted by molar-refractivity contribution is 7.10. The third-order valence-corrected chi connectivity index (χ3v) is 4.49. The van der Waals surface area contributed by atoms with Gasteiger partial charge in [0.2, 0.25) is 0 Å². The number of hydrogen-bond donors (Lipinski definition) is 3. The van der Waals surface area contributed by atoms with Gasteiger partial charge in [-0.05, 0) is 31.2 Å². The van der Waals surface area contributed by atoms with Gasteiger partial charge in [0.15, 0.2) is 0 Å². The van der Waals surface area contributed by atoms with E-state index in [1.807, 2.05) is 11.4 Å². The Kier molecular flexibility index (Phi) is 5.33. The number of carbonyl (C=O) groups is 2. The van der Waals surface area contributed by atoms with E-state index in [1.165, 1.54) is 11.3 Å². The molecule has 0 bridgehead atoms. The molecule has 1 aromatic rings. The molecule has 0 saturated carbocycles. The third-order valence-electron chi connectivity index (χ3n) is 3.37. The normalized spacial score (nSPS) is 20.8. The van der Waals surface area contributed by atoms with Gasteiger partial charge in [-0.1, -0.05) is 6.07 Å². The van der Waals surface area contributed by atoms with E-state index >= 15 is 0 Å². The van der Waals surface area contributed by atoms with E-state index in [0.29, 0.717) is 13.2 Å². The highest BCUT2D eigenvalue weighted by atomic mass is 32.1. The average molecular weight is 312 g/mol. The molecule has 1 aliphatic heterocycles. The molecule has 1 saturated heterocycles. The minimum atomic E-state index is -1.18. The third kappa shape index (κ3) is 4.52. The van der Waals surface area contributed by atoms with Crippen LogP contribution in [0.3, 0.4) is 0 Å². The van der Waals surface area contributed by atoms with Crippen molar-refractivity contribution in [2.75, 3.05) is 19.7 Å². The Bertz CT molecular complexity index is 481. The summed E-state index contributed by atoms with van der Waals surface area (Å²) in [7, 11) is 0. The first-order chi connectivity index (χ1) is 9.99. The van der Waals surface area contributed by atoms with Gasteiger partial charge >= 0.3 is 11.8 Å². The summed E-state index contributed by atoms with van der Waals surface area (Å²) >= 11 is 1.40. The summed E-state index contributed by atoms with van der Waals surface area (Å²) < 4.78 is 5.36. The molecule has 6 nitrogen and oxygen atoms in total. The molecular weight excluding hydrogens is 292 g/mol. The molecule has 1 aliphatic rings. The monoisotopic (exact) mass is 312 g/mol. The molecular formula is C14H20N2O4S. The Hall–Kier alpha value is -1.44. The van der Waals surface area contributed by atoms with Gasteiger partial charge in [-0.15, -0.1) is 11.3 Å². The van der Waals surface area contributed by atoms with E-state index < -0.39 is 17.4 Å². The molecule has 2 amide bonds. The standard InChI is InChI=1S/C14H20N2O4S/c1-14(19,11-5-3-7-21-11)9-16-13(18)12(17)15-8-10-4-2-6-20-10/h3,5,7,10,19H,2,4,6,8-9H2,1H3,(H,15,17)(H,16,18). The van der Waals surface area contributed by atoms with Crippen LogP contribution in [0.15, 0.2) is 17.5 Å². The first-order valence-corrected chi connectivity index (χ1v) is 7.81. The van der Waals surface area contributed by atoms with Gasteiger partial charge in [0.1, 0.15) is 5.60 Å². The molecule has 0 aromatic carbocycles. The predicted molar refractivity (Wildman–Crippen MR) is 78.9 cm³/mol. The summed E-state index contributed by atoms with van der Waals surface area (Å²) in [6, 6.07) is 3.61. The van der Waals surface area contributed by atoms with Crippen LogP contribution in [0.4, 0.5) is 0 Å². The van der Waals surface area contributed by atoms with E-state index in [-0.39, 0.29) is 12.6 Å². The fourth-order valence-electron chi connectivity index (χ4n) is 2.10. The van der Waals surface area contributed by atoms with Crippen molar-refractivity contribution >= 4 is 23.2 Å². The number of thiophene rings is 1. The summed E-state index contributed by atoms with van der Waals surface area (Å²) in [5, 5.41) is 17.1. The van der Waals surface area contributed by atoms with E-state index in [2.05, 4.69) is 10.6 Å². The number of amides is 2. The summed E-state index contributed by atoms with van der Waals surface area (Å²) in [6.45, 7) is 2.63. The summed E-state index contributed by atoms with van der Waals surface area (Å²) in [4.78, 5) is 24.1. The molecule has 1 fully saturated rings. The highest BCUT2D eigenvalue weighted by Crippen LogP contribution is 2.24. The van der Waals surface area contributed by atoms with Crippen molar-refractivity contribution in [3.63, 3.8) is 0 Å². The van der Waals surface area contributed by atoms with Gasteiger partial charge in [0.05, 0.1) is 12.6 Å². The van der Waals surface area contributed by atoms with Crippen LogP contribution in [0.25, 0.3) is 0 Å². The second-order valence-electron chi connectivity index (χ2n) is 5.28. The average Bonchev–Trinajstić information content (AvgIpc) is 3.14. The summed E-state index contributed by atoms with van der Waals surface area (Å²) in [6.07, 6.45) is 1.88. The molecule has 1 aromatic heterocycles. The Balaban J connectivity index is 1.74. The number of carbonyl (C=O) groups excluding carboxylic acids is 2. The Morgan fingerprint density at radius 2 is 2.24 bits per heavy atom. The second kappa shape index (κ2) is 7.02. The lowest BCUT2D eigenvalue weighted by atomic mass is 10.1. The van der Waals surface area contributed by atoms with E-state index in [9.17, 15) is 14.7 Å². The molecule has 3 N–H and O–H groups in total. The Morgan fingerprint density at radius 1 is 1.48 bits per heavy atom. The lowest BCUT2D eigenvalue weighted by Crippen LogP contribution is -2.46. The van der Waals surface area contributed by atoms with E-state index in [1.54, 1.807) is 13.0 Å². The smallest absolute Gasteiger partial charge is 0.309 e. The first-order valence-electron chi connectivity index (χ1n) is 6.93. The van der Waals surface area contributed by atoms with Crippen molar-refractivity contribution in [1.82, 2.24) is 10.6 Å². The van der Waals surface area contributed by atoms with Crippen molar-refractivity contribution in [2.24, 2.45) is 0 Å². The quantitative estimate of drug-likeness (QED) is 0.685. The number of rotatable bonds is 5. The lowest BCUT2D eigenvalue weighted by molar-refractivity contribution is -0.140. The summed E-state index contributed by atoms with van der Waals surface area (Å²) in [5.74, 6) is -1.45. The van der Waals surface area contributed by atoms with Crippen molar-refractivity contribution in [3.05, 3.63) is 22.4 Å². The molecule has 2 heterocycles. The van der Waals surface area contributed by atoms with E-state index in [4.69, 9.17) is 4.74 Å². The number of aliphatic hydroxyl groups is 1. The van der Waals surface area contributed by atoms with Crippen LogP contribution >= 0.6 is 11.3 Å². The Morgan fingerprint density at radius 3 is 2.86 bits per heavy atom. The molecule has 116 valence electrons. The van der Waals surface area contributed by atoms with Crippen LogP contribution in [0.2, 0.25) is 0 Å². The van der Waals surface area contributed by atoms with Gasteiger partial charge in [0, 0.05) is 18.0 Å². The second-order valence-corrected chi connectivity index (χ2v) is 6.23. The molecule has 2 rings (SSSR count). The number of ether oxygens (including phenoxy) is 1. The van der Waals surface area contributed by atoms with E-state index in [0.717, 1.165) is 17.7 Å². The van der Waals surface area contributed by atoms with Crippen molar-refractivity contribution < 1.29 is 19.4 Å². The topological polar surface area (TPSA) is 87.7 Å². The van der Waals surface area contributed by atoms with Crippen LogP contribution in [0.1, 0.15) is 24.6 Å². The van der Waals surface area contributed by atoms with Crippen molar-refractivity contribution in [2.45, 2.75) is 31.5 Å². The fraction of sp³-hybridized carbons (Fsp3) is 0.571. The molecule has 7 heteroatoms. The largest absolute Gasteiger partial charge is 0.383 e. The lowest BCUT2D eigenvalue weighted by Gasteiger charge is -2.22. The maximum absolute atomic E-state index is 11.7. The van der Waals surface area contributed by atoms with Crippen LogP contribution in [-0.2, 0) is 19.9 Å². The van der Waals surface area contributed by atoms with Crippen LogP contribution < -0.4 is 10.6 Å². The predicted octanol–water partition coefficient (Wildman–Crippen LogP) is 0.367. The van der Waals surface area contributed by atoms with Gasteiger partial charge in [-0.25, -0.2) is 0 Å². The van der Waals surface area contributed by atoms with Gasteiger partial charge in [0.25, 0.3) is 0 Å². The number of hydrogen-bond acceptors (Lipinski definition) is 5. The maximum Gasteiger partial charge on any atom is 0.309 e. The SMILES string of the molecule is CC(O)(CNC(=O)C(=O)NCC1CCCO1)c1cccs1. The first kappa shape index (κ1) is 15.9. The van der Waals surface area contributed by atoms with Gasteiger partial charge in [-0.2, -0.15) is 0 Å². The van der Waals surface area contributed by atoms with Crippen LogP contribution in [0, 0.1) is 0 Å². The zero-order chi connectivity index (χ0) is 15.3.